The molecule has 15 heavy (non-hydrogen) atoms. The summed E-state index contributed by atoms with van der Waals surface area (Å²) in [4.78, 5) is 0. The molecule has 4 unspecified atom stereocenters. The molecule has 0 heterocycles. The van der Waals surface area contributed by atoms with Gasteiger partial charge in [-0.15, -0.1) is 0 Å². The smallest absolute Gasteiger partial charge is 0.0209 e. The zero-order chi connectivity index (χ0) is 10.8. The van der Waals surface area contributed by atoms with Gasteiger partial charge in [0.2, 0.25) is 0 Å². The zero-order valence-electron chi connectivity index (χ0n) is 10.8. The molecule has 3 rings (SSSR count). The molecule has 0 spiro atoms. The van der Waals surface area contributed by atoms with Crippen LogP contribution >= 0.6 is 0 Å². The van der Waals surface area contributed by atoms with Crippen molar-refractivity contribution < 1.29 is 0 Å². The van der Waals surface area contributed by atoms with Gasteiger partial charge in [-0.2, -0.15) is 0 Å². The molecular weight excluding hydrogens is 180 g/mol. The van der Waals surface area contributed by atoms with E-state index in [0.717, 1.165) is 22.7 Å². The van der Waals surface area contributed by atoms with E-state index in [2.05, 4.69) is 27.7 Å². The van der Waals surface area contributed by atoms with Crippen molar-refractivity contribution in [1.82, 2.24) is 0 Å². The average molecular weight is 206 g/mol. The zero-order valence-corrected chi connectivity index (χ0v) is 10.8. The van der Waals surface area contributed by atoms with Crippen LogP contribution in [-0.2, 0) is 0 Å². The van der Waals surface area contributed by atoms with Crippen LogP contribution in [0.4, 0.5) is 0 Å². The normalized spacial score (nSPS) is 55.4. The highest BCUT2D eigenvalue weighted by Gasteiger charge is 2.78. The standard InChI is InChI=1S/C15H26/c1-5-6-14(4)8-11(14)9-15(10(2)3)12-7-13(12)15/h10-13H,5-9H2,1-4H3. The number of fused-ring (bicyclic) bond motifs is 1. The SMILES string of the molecule is CCCC1(C)CC1CC1(C(C)C)C2CC21. The molecule has 0 aromatic rings. The second-order valence-electron chi connectivity index (χ2n) is 7.22. The molecule has 0 aromatic heterocycles. The fourth-order valence-electron chi connectivity index (χ4n) is 4.62. The van der Waals surface area contributed by atoms with E-state index >= 15 is 0 Å². The summed E-state index contributed by atoms with van der Waals surface area (Å²) in [6.07, 6.45) is 7.55. The van der Waals surface area contributed by atoms with Crippen molar-refractivity contribution in [3.05, 3.63) is 0 Å². The third-order valence-electron chi connectivity index (χ3n) is 6.10. The minimum absolute atomic E-state index is 0.756. The molecule has 0 aliphatic heterocycles. The highest BCUT2D eigenvalue weighted by molar-refractivity contribution is 5.26. The lowest BCUT2D eigenvalue weighted by atomic mass is 9.77. The van der Waals surface area contributed by atoms with Crippen LogP contribution in [0.1, 0.15) is 59.8 Å². The van der Waals surface area contributed by atoms with Crippen LogP contribution in [0.3, 0.4) is 0 Å². The Kier molecular flexibility index (Phi) is 1.91. The van der Waals surface area contributed by atoms with Gasteiger partial charge in [-0.3, -0.25) is 0 Å². The molecule has 4 atom stereocenters. The van der Waals surface area contributed by atoms with E-state index in [-0.39, 0.29) is 0 Å². The van der Waals surface area contributed by atoms with Gasteiger partial charge in [-0.05, 0) is 60.2 Å². The lowest BCUT2D eigenvalue weighted by Crippen LogP contribution is -2.20. The monoisotopic (exact) mass is 206 g/mol. The molecule has 0 saturated heterocycles. The summed E-state index contributed by atoms with van der Waals surface area (Å²) in [5, 5.41) is 0. The lowest BCUT2D eigenvalue weighted by Gasteiger charge is -2.28. The summed E-state index contributed by atoms with van der Waals surface area (Å²) in [5.74, 6) is 4.38. The molecule has 86 valence electrons. The summed E-state index contributed by atoms with van der Waals surface area (Å²) in [5.41, 5.74) is 1.60. The Hall–Kier alpha value is 0. The summed E-state index contributed by atoms with van der Waals surface area (Å²) in [7, 11) is 0. The van der Waals surface area contributed by atoms with E-state index in [4.69, 9.17) is 0 Å². The average Bonchev–Trinajstić information content (AvgIpc) is 2.96. The molecule has 0 heteroatoms. The number of hydrogen-bond donors (Lipinski definition) is 0. The second kappa shape index (κ2) is 2.81. The molecule has 0 nitrogen and oxygen atoms in total. The summed E-state index contributed by atoms with van der Waals surface area (Å²) in [6, 6.07) is 0. The van der Waals surface area contributed by atoms with Gasteiger partial charge in [-0.1, -0.05) is 34.1 Å². The van der Waals surface area contributed by atoms with Crippen LogP contribution < -0.4 is 0 Å². The van der Waals surface area contributed by atoms with Crippen molar-refractivity contribution >= 4 is 0 Å². The van der Waals surface area contributed by atoms with E-state index in [0.29, 0.717) is 0 Å². The molecule has 0 N–H and O–H groups in total. The van der Waals surface area contributed by atoms with Crippen LogP contribution in [0.15, 0.2) is 0 Å². The maximum atomic E-state index is 2.53. The van der Waals surface area contributed by atoms with Gasteiger partial charge in [-0.25, -0.2) is 0 Å². The maximum Gasteiger partial charge on any atom is -0.0209 e. The second-order valence-corrected chi connectivity index (χ2v) is 7.22. The topological polar surface area (TPSA) is 0 Å². The Morgan fingerprint density at radius 2 is 1.93 bits per heavy atom. The Labute approximate surface area is 94.8 Å². The molecule has 0 bridgehead atoms. The van der Waals surface area contributed by atoms with Gasteiger partial charge in [0.25, 0.3) is 0 Å². The Morgan fingerprint density at radius 1 is 1.27 bits per heavy atom. The maximum absolute atomic E-state index is 2.53. The molecular formula is C15H26. The molecule has 0 aromatic carbocycles. The van der Waals surface area contributed by atoms with Crippen LogP contribution in [0, 0.1) is 34.5 Å². The largest absolute Gasteiger partial charge is 0.0654 e. The van der Waals surface area contributed by atoms with Gasteiger partial charge in [0, 0.05) is 0 Å². The van der Waals surface area contributed by atoms with Crippen molar-refractivity contribution in [2.24, 2.45) is 34.5 Å². The Bertz CT molecular complexity index is 270. The summed E-state index contributed by atoms with van der Waals surface area (Å²) in [6.45, 7) is 9.80. The fraction of sp³-hybridized carbons (Fsp3) is 1.00. The predicted molar refractivity (Wildman–Crippen MR) is 64.6 cm³/mol. The van der Waals surface area contributed by atoms with E-state index in [9.17, 15) is 0 Å². The van der Waals surface area contributed by atoms with Crippen molar-refractivity contribution in [3.8, 4) is 0 Å². The summed E-state index contributed by atoms with van der Waals surface area (Å²) < 4.78 is 0. The third kappa shape index (κ3) is 1.26. The lowest BCUT2D eigenvalue weighted by molar-refractivity contribution is 0.209. The first-order valence-electron chi connectivity index (χ1n) is 7.04. The highest BCUT2D eigenvalue weighted by atomic mass is 14.8. The fourth-order valence-corrected chi connectivity index (χ4v) is 4.62. The highest BCUT2D eigenvalue weighted by Crippen LogP contribution is 2.84. The molecule has 3 saturated carbocycles. The predicted octanol–water partition coefficient (Wildman–Crippen LogP) is 4.49. The molecule has 3 aliphatic rings. The van der Waals surface area contributed by atoms with Crippen molar-refractivity contribution in [1.29, 1.82) is 0 Å². The van der Waals surface area contributed by atoms with E-state index < -0.39 is 0 Å². The quantitative estimate of drug-likeness (QED) is 0.621. The summed E-state index contributed by atoms with van der Waals surface area (Å²) >= 11 is 0. The van der Waals surface area contributed by atoms with Crippen LogP contribution in [0.25, 0.3) is 0 Å². The number of hydrogen-bond acceptors (Lipinski definition) is 0. The van der Waals surface area contributed by atoms with Crippen molar-refractivity contribution in [2.75, 3.05) is 0 Å². The molecule has 3 aliphatic carbocycles. The Balaban J connectivity index is 1.59. The van der Waals surface area contributed by atoms with Gasteiger partial charge in [0.05, 0.1) is 0 Å². The van der Waals surface area contributed by atoms with E-state index in [1.807, 2.05) is 0 Å². The van der Waals surface area contributed by atoms with E-state index in [1.165, 1.54) is 31.1 Å². The molecule has 3 fully saturated rings. The third-order valence-corrected chi connectivity index (χ3v) is 6.10. The van der Waals surface area contributed by atoms with Gasteiger partial charge in [0.15, 0.2) is 0 Å². The molecule has 0 amide bonds. The van der Waals surface area contributed by atoms with Crippen molar-refractivity contribution in [3.63, 3.8) is 0 Å². The van der Waals surface area contributed by atoms with Gasteiger partial charge < -0.3 is 0 Å². The van der Waals surface area contributed by atoms with Crippen LogP contribution in [0.5, 0.6) is 0 Å². The van der Waals surface area contributed by atoms with Crippen LogP contribution in [-0.4, -0.2) is 0 Å². The van der Waals surface area contributed by atoms with Gasteiger partial charge in [0.1, 0.15) is 0 Å². The Morgan fingerprint density at radius 3 is 2.33 bits per heavy atom. The number of rotatable bonds is 5. The minimum Gasteiger partial charge on any atom is -0.0654 e. The first-order valence-corrected chi connectivity index (χ1v) is 7.04. The van der Waals surface area contributed by atoms with Crippen LogP contribution in [0.2, 0.25) is 0 Å². The first-order chi connectivity index (χ1) is 7.04. The van der Waals surface area contributed by atoms with Crippen molar-refractivity contribution in [2.45, 2.75) is 59.8 Å². The first kappa shape index (κ1) is 10.2. The minimum atomic E-state index is 0.756. The molecule has 0 radical (unpaired) electrons. The van der Waals surface area contributed by atoms with Gasteiger partial charge >= 0.3 is 0 Å². The van der Waals surface area contributed by atoms with E-state index in [1.54, 1.807) is 12.8 Å².